The summed E-state index contributed by atoms with van der Waals surface area (Å²) in [6.07, 6.45) is -1.09. The van der Waals surface area contributed by atoms with Gasteiger partial charge in [0, 0.05) is 38.8 Å². The number of aromatic nitrogens is 4. The zero-order chi connectivity index (χ0) is 23.2. The minimum Gasteiger partial charge on any atom is -0.381 e. The largest absolute Gasteiger partial charge is 0.416 e. The van der Waals surface area contributed by atoms with E-state index < -0.39 is 11.7 Å². The number of benzene rings is 1. The fourth-order valence-electron chi connectivity index (χ4n) is 4.94. The molecule has 2 fully saturated rings. The lowest BCUT2D eigenvalue weighted by Gasteiger charge is -2.23. The maximum absolute atomic E-state index is 12.8. The Morgan fingerprint density at radius 2 is 1.88 bits per heavy atom. The molecule has 3 aromatic rings. The van der Waals surface area contributed by atoms with Crippen LogP contribution >= 0.6 is 0 Å². The van der Waals surface area contributed by atoms with Crippen molar-refractivity contribution in [2.75, 3.05) is 26.3 Å². The number of halogens is 3. The molecular weight excluding hydrogens is 435 g/mol. The fraction of sp³-hybridized carbons (Fsp3) is 0.522. The first-order valence-electron chi connectivity index (χ1n) is 11.2. The van der Waals surface area contributed by atoms with Gasteiger partial charge in [-0.1, -0.05) is 19.1 Å². The average molecular weight is 461 g/mol. The Hall–Kier alpha value is -2.72. The smallest absolute Gasteiger partial charge is 0.381 e. The molecule has 2 atom stereocenters. The number of nitrogens with zero attached hydrogens (tertiary/aromatic N) is 4. The van der Waals surface area contributed by atoms with Crippen LogP contribution in [0.15, 0.2) is 35.3 Å². The van der Waals surface area contributed by atoms with E-state index in [0.29, 0.717) is 43.2 Å². The van der Waals surface area contributed by atoms with Gasteiger partial charge in [-0.15, -0.1) is 0 Å². The highest BCUT2D eigenvalue weighted by Crippen LogP contribution is 2.33. The molecule has 1 N–H and O–H groups in total. The number of nitrogens with one attached hydrogen (secondary N) is 1. The summed E-state index contributed by atoms with van der Waals surface area (Å²) < 4.78 is 45.8. The van der Waals surface area contributed by atoms with Crippen molar-refractivity contribution in [1.82, 2.24) is 24.6 Å². The Labute approximate surface area is 188 Å². The number of fused-ring (bicyclic) bond motifs is 1. The minimum absolute atomic E-state index is 0.0228. The maximum Gasteiger partial charge on any atom is 0.416 e. The van der Waals surface area contributed by atoms with Crippen molar-refractivity contribution in [3.63, 3.8) is 0 Å². The van der Waals surface area contributed by atoms with Crippen LogP contribution < -0.4 is 5.56 Å². The van der Waals surface area contributed by atoms with Gasteiger partial charge in [0.2, 0.25) is 0 Å². The summed E-state index contributed by atoms with van der Waals surface area (Å²) in [5, 5.41) is 4.93. The summed E-state index contributed by atoms with van der Waals surface area (Å²) in [6, 6.07) is 5.46. The van der Waals surface area contributed by atoms with Gasteiger partial charge in [-0.2, -0.15) is 18.3 Å². The van der Waals surface area contributed by atoms with Gasteiger partial charge < -0.3 is 9.72 Å². The number of ether oxygens (including phenoxy) is 1. The molecule has 10 heteroatoms. The van der Waals surface area contributed by atoms with Crippen molar-refractivity contribution >= 4 is 11.0 Å². The van der Waals surface area contributed by atoms with E-state index in [1.807, 2.05) is 4.68 Å². The summed E-state index contributed by atoms with van der Waals surface area (Å²) >= 11 is 0. The van der Waals surface area contributed by atoms with Crippen molar-refractivity contribution in [3.8, 4) is 0 Å². The second-order valence-corrected chi connectivity index (χ2v) is 9.09. The Morgan fingerprint density at radius 1 is 1.15 bits per heavy atom. The first kappa shape index (κ1) is 22.1. The molecule has 2 aliphatic rings. The summed E-state index contributed by atoms with van der Waals surface area (Å²) in [5.74, 6) is 0.901. The second-order valence-electron chi connectivity index (χ2n) is 9.09. The van der Waals surface area contributed by atoms with E-state index in [0.717, 1.165) is 37.1 Å². The van der Waals surface area contributed by atoms with Crippen LogP contribution in [-0.4, -0.2) is 51.0 Å². The number of aromatic amines is 1. The molecule has 0 radical (unpaired) electrons. The highest BCUT2D eigenvalue weighted by Gasteiger charge is 2.34. The Bertz CT molecular complexity index is 1180. The van der Waals surface area contributed by atoms with Gasteiger partial charge in [-0.05, 0) is 36.5 Å². The predicted octanol–water partition coefficient (Wildman–Crippen LogP) is 3.73. The van der Waals surface area contributed by atoms with E-state index in [4.69, 9.17) is 9.72 Å². The zero-order valence-electron chi connectivity index (χ0n) is 18.3. The van der Waals surface area contributed by atoms with Crippen LogP contribution in [0.2, 0.25) is 0 Å². The number of H-pyrrole nitrogens is 1. The molecule has 2 aliphatic heterocycles. The molecule has 0 bridgehead atoms. The molecule has 0 aliphatic carbocycles. The molecule has 33 heavy (non-hydrogen) atoms. The summed E-state index contributed by atoms with van der Waals surface area (Å²) in [7, 11) is 0. The molecular formula is C23H26F3N5O2. The zero-order valence-corrected chi connectivity index (χ0v) is 18.3. The lowest BCUT2D eigenvalue weighted by molar-refractivity contribution is -0.137. The molecule has 5 rings (SSSR count). The standard InChI is InChI=1S/C23H26F3N5O2/c1-14-11-30(12-15-2-4-16(5-3-15)23(24,25)26)13-19(14)20-28-21-18(22(32)29-20)10-27-31(21)17-6-8-33-9-7-17/h2-5,10,14,17,19H,6-9,11-13H2,1H3,(H,28,29,32)/t14-,19-/m1/s1. The Morgan fingerprint density at radius 3 is 2.58 bits per heavy atom. The maximum atomic E-state index is 12.8. The molecule has 0 amide bonds. The summed E-state index contributed by atoms with van der Waals surface area (Å²) in [4.78, 5) is 22.7. The van der Waals surface area contributed by atoms with Crippen LogP contribution in [0.1, 0.15) is 48.7 Å². The van der Waals surface area contributed by atoms with Gasteiger partial charge in [-0.25, -0.2) is 9.67 Å². The van der Waals surface area contributed by atoms with Gasteiger partial charge in [0.15, 0.2) is 5.65 Å². The molecule has 7 nitrogen and oxygen atoms in total. The van der Waals surface area contributed by atoms with Crippen molar-refractivity contribution in [2.45, 2.75) is 44.4 Å². The number of alkyl halides is 3. The molecule has 2 aromatic heterocycles. The lowest BCUT2D eigenvalue weighted by atomic mass is 9.97. The van der Waals surface area contributed by atoms with Crippen LogP contribution in [0.4, 0.5) is 13.2 Å². The highest BCUT2D eigenvalue weighted by atomic mass is 19.4. The third kappa shape index (κ3) is 4.41. The number of rotatable bonds is 4. The van der Waals surface area contributed by atoms with E-state index in [2.05, 4.69) is 21.9 Å². The van der Waals surface area contributed by atoms with E-state index >= 15 is 0 Å². The third-order valence-corrected chi connectivity index (χ3v) is 6.75. The van der Waals surface area contributed by atoms with E-state index in [-0.39, 0.29) is 23.4 Å². The van der Waals surface area contributed by atoms with Crippen LogP contribution in [0.25, 0.3) is 11.0 Å². The van der Waals surface area contributed by atoms with Crippen LogP contribution in [0, 0.1) is 5.92 Å². The Kier molecular flexibility index (Phi) is 5.74. The molecule has 4 heterocycles. The molecule has 0 spiro atoms. The van der Waals surface area contributed by atoms with E-state index in [1.54, 1.807) is 6.20 Å². The van der Waals surface area contributed by atoms with Gasteiger partial charge in [-0.3, -0.25) is 9.69 Å². The van der Waals surface area contributed by atoms with Gasteiger partial charge in [0.05, 0.1) is 17.8 Å². The number of hydrogen-bond acceptors (Lipinski definition) is 5. The lowest BCUT2D eigenvalue weighted by Crippen LogP contribution is -2.23. The molecule has 2 saturated heterocycles. The monoisotopic (exact) mass is 461 g/mol. The van der Waals surface area contributed by atoms with Crippen LogP contribution in [0.5, 0.6) is 0 Å². The minimum atomic E-state index is -4.33. The quantitative estimate of drug-likeness (QED) is 0.641. The van der Waals surface area contributed by atoms with Crippen LogP contribution in [0.3, 0.4) is 0 Å². The molecule has 0 saturated carbocycles. The van der Waals surface area contributed by atoms with Gasteiger partial charge in [0.1, 0.15) is 11.2 Å². The molecule has 176 valence electrons. The third-order valence-electron chi connectivity index (χ3n) is 6.75. The number of likely N-dealkylation sites (tertiary alicyclic amines) is 1. The SMILES string of the molecule is C[C@@H]1CN(Cc2ccc(C(F)(F)F)cc2)C[C@H]1c1nc2c(cnn2C2CCOCC2)c(=O)[nH]1. The van der Waals surface area contributed by atoms with Gasteiger partial charge >= 0.3 is 6.18 Å². The second kappa shape index (κ2) is 8.57. The fourth-order valence-corrected chi connectivity index (χ4v) is 4.94. The van der Waals surface area contributed by atoms with Crippen molar-refractivity contribution in [2.24, 2.45) is 5.92 Å². The average Bonchev–Trinajstić information content (AvgIpc) is 3.38. The highest BCUT2D eigenvalue weighted by molar-refractivity contribution is 5.73. The Balaban J connectivity index is 1.36. The van der Waals surface area contributed by atoms with E-state index in [1.165, 1.54) is 12.1 Å². The van der Waals surface area contributed by atoms with Crippen molar-refractivity contribution < 1.29 is 17.9 Å². The van der Waals surface area contributed by atoms with Gasteiger partial charge in [0.25, 0.3) is 5.56 Å². The van der Waals surface area contributed by atoms with Crippen molar-refractivity contribution in [1.29, 1.82) is 0 Å². The normalized spacial score (nSPS) is 22.9. The first-order chi connectivity index (χ1) is 15.8. The molecule has 1 aromatic carbocycles. The molecule has 0 unspecified atom stereocenters. The summed E-state index contributed by atoms with van der Waals surface area (Å²) in [6.45, 7) is 5.43. The predicted molar refractivity (Wildman–Crippen MR) is 116 cm³/mol. The van der Waals surface area contributed by atoms with E-state index in [9.17, 15) is 18.0 Å². The summed E-state index contributed by atoms with van der Waals surface area (Å²) in [5.41, 5.74) is 0.594. The first-order valence-corrected chi connectivity index (χ1v) is 11.2. The van der Waals surface area contributed by atoms with Crippen LogP contribution in [-0.2, 0) is 17.5 Å². The topological polar surface area (TPSA) is 76.0 Å². The number of hydrogen-bond donors (Lipinski definition) is 1. The van der Waals surface area contributed by atoms with Crippen molar-refractivity contribution in [3.05, 3.63) is 57.8 Å².